The molecule has 0 aliphatic heterocycles. The second kappa shape index (κ2) is 5.29. The van der Waals surface area contributed by atoms with Crippen molar-refractivity contribution in [2.45, 2.75) is 20.8 Å². The zero-order chi connectivity index (χ0) is 11.3. The Kier molecular flexibility index (Phi) is 4.03. The summed E-state index contributed by atoms with van der Waals surface area (Å²) in [5.41, 5.74) is 1.53. The standard InChI is InChI=1S/C12H15NO2/c1-4-15-11-6-10(7-13-8-11)12(14)5-9(2)3/h5-8H,4H2,1-3H3. The summed E-state index contributed by atoms with van der Waals surface area (Å²) in [5.74, 6) is 0.592. The Hall–Kier alpha value is -1.64. The summed E-state index contributed by atoms with van der Waals surface area (Å²) >= 11 is 0. The van der Waals surface area contributed by atoms with Crippen LogP contribution in [0.5, 0.6) is 5.75 Å². The fourth-order valence-electron chi connectivity index (χ4n) is 1.14. The maximum atomic E-state index is 11.6. The van der Waals surface area contributed by atoms with Gasteiger partial charge in [-0.05, 0) is 32.9 Å². The van der Waals surface area contributed by atoms with Crippen molar-refractivity contribution in [1.29, 1.82) is 0 Å². The van der Waals surface area contributed by atoms with Gasteiger partial charge in [-0.1, -0.05) is 5.57 Å². The lowest BCUT2D eigenvalue weighted by Crippen LogP contribution is -1.99. The van der Waals surface area contributed by atoms with Crippen LogP contribution in [-0.4, -0.2) is 17.4 Å². The van der Waals surface area contributed by atoms with Crippen molar-refractivity contribution >= 4 is 5.78 Å². The van der Waals surface area contributed by atoms with Crippen LogP contribution in [0.3, 0.4) is 0 Å². The topological polar surface area (TPSA) is 39.2 Å². The number of nitrogens with zero attached hydrogens (tertiary/aromatic N) is 1. The quantitative estimate of drug-likeness (QED) is 0.560. The Morgan fingerprint density at radius 1 is 1.47 bits per heavy atom. The molecule has 0 saturated heterocycles. The monoisotopic (exact) mass is 205 g/mol. The second-order valence-corrected chi connectivity index (χ2v) is 3.43. The Bertz CT molecular complexity index is 379. The van der Waals surface area contributed by atoms with Gasteiger partial charge in [-0.2, -0.15) is 0 Å². The fraction of sp³-hybridized carbons (Fsp3) is 0.333. The van der Waals surface area contributed by atoms with Crippen LogP contribution in [0.2, 0.25) is 0 Å². The molecule has 0 saturated carbocycles. The number of carbonyl (C=O) groups is 1. The summed E-state index contributed by atoms with van der Waals surface area (Å²) in [7, 11) is 0. The number of hydrogen-bond donors (Lipinski definition) is 0. The van der Waals surface area contributed by atoms with E-state index in [0.717, 1.165) is 5.57 Å². The highest BCUT2D eigenvalue weighted by molar-refractivity contribution is 6.04. The highest BCUT2D eigenvalue weighted by Gasteiger charge is 2.04. The van der Waals surface area contributed by atoms with Crippen LogP contribution in [0.25, 0.3) is 0 Å². The molecule has 3 heteroatoms. The predicted octanol–water partition coefficient (Wildman–Crippen LogP) is 2.63. The first kappa shape index (κ1) is 11.4. The van der Waals surface area contributed by atoms with Gasteiger partial charge in [0.15, 0.2) is 5.78 Å². The second-order valence-electron chi connectivity index (χ2n) is 3.43. The average Bonchev–Trinajstić information content (AvgIpc) is 2.17. The average molecular weight is 205 g/mol. The summed E-state index contributed by atoms with van der Waals surface area (Å²) in [6.45, 7) is 6.24. The van der Waals surface area contributed by atoms with Crippen LogP contribution in [-0.2, 0) is 0 Å². The molecule has 0 atom stereocenters. The van der Waals surface area contributed by atoms with Gasteiger partial charge in [-0.15, -0.1) is 0 Å². The smallest absolute Gasteiger partial charge is 0.187 e. The lowest BCUT2D eigenvalue weighted by Gasteiger charge is -2.03. The van der Waals surface area contributed by atoms with Gasteiger partial charge in [0.25, 0.3) is 0 Å². The number of pyridine rings is 1. The van der Waals surface area contributed by atoms with Crippen molar-refractivity contribution in [1.82, 2.24) is 4.98 Å². The molecule has 0 fully saturated rings. The summed E-state index contributed by atoms with van der Waals surface area (Å²) < 4.78 is 5.27. The summed E-state index contributed by atoms with van der Waals surface area (Å²) in [5, 5.41) is 0. The Morgan fingerprint density at radius 3 is 2.80 bits per heavy atom. The molecule has 0 aromatic carbocycles. The van der Waals surface area contributed by atoms with E-state index >= 15 is 0 Å². The van der Waals surface area contributed by atoms with Crippen molar-refractivity contribution in [3.05, 3.63) is 35.7 Å². The lowest BCUT2D eigenvalue weighted by atomic mass is 10.1. The molecule has 1 aromatic heterocycles. The van der Waals surface area contributed by atoms with E-state index < -0.39 is 0 Å². The number of carbonyl (C=O) groups excluding carboxylic acids is 1. The summed E-state index contributed by atoms with van der Waals surface area (Å²) in [6.07, 6.45) is 4.74. The van der Waals surface area contributed by atoms with Crippen LogP contribution in [0.15, 0.2) is 30.1 Å². The first-order chi connectivity index (χ1) is 7.13. The maximum absolute atomic E-state index is 11.6. The number of rotatable bonds is 4. The molecule has 0 aliphatic rings. The number of allylic oxidation sites excluding steroid dienone is 2. The number of ether oxygens (including phenoxy) is 1. The number of aromatic nitrogens is 1. The summed E-state index contributed by atoms with van der Waals surface area (Å²) in [4.78, 5) is 15.6. The van der Waals surface area contributed by atoms with E-state index in [-0.39, 0.29) is 5.78 Å². The van der Waals surface area contributed by atoms with Crippen molar-refractivity contribution in [2.24, 2.45) is 0 Å². The van der Waals surface area contributed by atoms with Crippen LogP contribution >= 0.6 is 0 Å². The maximum Gasteiger partial charge on any atom is 0.187 e. The van der Waals surface area contributed by atoms with Gasteiger partial charge >= 0.3 is 0 Å². The molecule has 0 amide bonds. The van der Waals surface area contributed by atoms with Gasteiger partial charge in [0, 0.05) is 11.8 Å². The molecular weight excluding hydrogens is 190 g/mol. The van der Waals surface area contributed by atoms with Crippen molar-refractivity contribution in [2.75, 3.05) is 6.61 Å². The minimum Gasteiger partial charge on any atom is -0.492 e. The Morgan fingerprint density at radius 2 is 2.20 bits per heavy atom. The van der Waals surface area contributed by atoms with Gasteiger partial charge in [0.1, 0.15) is 5.75 Å². The zero-order valence-electron chi connectivity index (χ0n) is 9.28. The molecule has 1 aromatic rings. The number of hydrogen-bond acceptors (Lipinski definition) is 3. The molecule has 0 spiro atoms. The number of ketones is 1. The van der Waals surface area contributed by atoms with Crippen LogP contribution < -0.4 is 4.74 Å². The summed E-state index contributed by atoms with van der Waals surface area (Å²) in [6, 6.07) is 1.71. The molecule has 15 heavy (non-hydrogen) atoms. The lowest BCUT2D eigenvalue weighted by molar-refractivity contribution is 0.104. The highest BCUT2D eigenvalue weighted by atomic mass is 16.5. The van der Waals surface area contributed by atoms with E-state index in [1.807, 2.05) is 20.8 Å². The van der Waals surface area contributed by atoms with Gasteiger partial charge in [-0.25, -0.2) is 0 Å². The predicted molar refractivity (Wildman–Crippen MR) is 59.2 cm³/mol. The van der Waals surface area contributed by atoms with Crippen molar-refractivity contribution < 1.29 is 9.53 Å². The van der Waals surface area contributed by atoms with E-state index in [9.17, 15) is 4.79 Å². The minimum atomic E-state index is -0.0379. The molecule has 0 unspecified atom stereocenters. The Labute approximate surface area is 89.8 Å². The van der Waals surface area contributed by atoms with Crippen LogP contribution in [0.4, 0.5) is 0 Å². The third kappa shape index (κ3) is 3.54. The largest absolute Gasteiger partial charge is 0.492 e. The van der Waals surface area contributed by atoms with Gasteiger partial charge in [0.2, 0.25) is 0 Å². The van der Waals surface area contributed by atoms with E-state index in [4.69, 9.17) is 4.74 Å². The van der Waals surface area contributed by atoms with E-state index in [2.05, 4.69) is 4.98 Å². The zero-order valence-corrected chi connectivity index (χ0v) is 9.28. The molecule has 1 rings (SSSR count). The molecule has 80 valence electrons. The third-order valence-corrected chi connectivity index (χ3v) is 1.73. The van der Waals surface area contributed by atoms with Crippen molar-refractivity contribution in [3.63, 3.8) is 0 Å². The molecular formula is C12H15NO2. The molecule has 3 nitrogen and oxygen atoms in total. The molecule has 0 aliphatic carbocycles. The minimum absolute atomic E-state index is 0.0379. The van der Waals surface area contributed by atoms with E-state index in [0.29, 0.717) is 17.9 Å². The van der Waals surface area contributed by atoms with Gasteiger partial charge in [0.05, 0.1) is 12.8 Å². The van der Waals surface area contributed by atoms with Crippen LogP contribution in [0.1, 0.15) is 31.1 Å². The Balaban J connectivity index is 2.90. The van der Waals surface area contributed by atoms with E-state index in [1.165, 1.54) is 0 Å². The van der Waals surface area contributed by atoms with Gasteiger partial charge < -0.3 is 4.74 Å². The molecule has 0 radical (unpaired) electrons. The SMILES string of the molecule is CCOc1cncc(C(=O)C=C(C)C)c1. The van der Waals surface area contributed by atoms with Gasteiger partial charge in [-0.3, -0.25) is 9.78 Å². The van der Waals surface area contributed by atoms with Crippen molar-refractivity contribution in [3.8, 4) is 5.75 Å². The first-order valence-electron chi connectivity index (χ1n) is 4.90. The first-order valence-corrected chi connectivity index (χ1v) is 4.90. The fourth-order valence-corrected chi connectivity index (χ4v) is 1.14. The normalized spacial score (nSPS) is 9.53. The third-order valence-electron chi connectivity index (χ3n) is 1.73. The highest BCUT2D eigenvalue weighted by Crippen LogP contribution is 2.12. The van der Waals surface area contributed by atoms with E-state index in [1.54, 1.807) is 24.5 Å². The molecule has 1 heterocycles. The molecule has 0 N–H and O–H groups in total. The molecule has 0 bridgehead atoms. The van der Waals surface area contributed by atoms with Crippen LogP contribution in [0, 0.1) is 0 Å².